The lowest BCUT2D eigenvalue weighted by Gasteiger charge is -2.10. The van der Waals surface area contributed by atoms with Crippen LogP contribution in [0.25, 0.3) is 0 Å². The summed E-state index contributed by atoms with van der Waals surface area (Å²) in [6.45, 7) is -0.101. The fourth-order valence-electron chi connectivity index (χ4n) is 2.50. The summed E-state index contributed by atoms with van der Waals surface area (Å²) in [5.74, 6) is 0.723. The zero-order valence-corrected chi connectivity index (χ0v) is 14.8. The molecule has 136 valence electrons. The van der Waals surface area contributed by atoms with E-state index < -0.39 is 0 Å². The maximum absolute atomic E-state index is 12.3. The van der Waals surface area contributed by atoms with Gasteiger partial charge in [-0.2, -0.15) is 0 Å². The first-order valence-electron chi connectivity index (χ1n) is 8.43. The zero-order valence-electron chi connectivity index (χ0n) is 14.8. The van der Waals surface area contributed by atoms with E-state index >= 15 is 0 Å². The van der Waals surface area contributed by atoms with Gasteiger partial charge in [0, 0.05) is 16.8 Å². The van der Waals surface area contributed by atoms with Gasteiger partial charge in [-0.05, 0) is 48.5 Å². The Balaban J connectivity index is 1.59. The third-order valence-corrected chi connectivity index (χ3v) is 3.93. The van der Waals surface area contributed by atoms with Crippen LogP contribution in [0.15, 0.2) is 78.9 Å². The van der Waals surface area contributed by atoms with Crippen LogP contribution in [0.5, 0.6) is 11.5 Å². The smallest absolute Gasteiger partial charge is 0.255 e. The molecular formula is C22H19NO4. The molecule has 0 saturated carbocycles. The van der Waals surface area contributed by atoms with Gasteiger partial charge in [-0.3, -0.25) is 9.59 Å². The molecule has 27 heavy (non-hydrogen) atoms. The summed E-state index contributed by atoms with van der Waals surface area (Å²) in [5.41, 5.74) is 1.69. The van der Waals surface area contributed by atoms with Crippen molar-refractivity contribution in [2.75, 3.05) is 19.0 Å². The van der Waals surface area contributed by atoms with E-state index in [1.807, 2.05) is 18.2 Å². The number of ketones is 1. The number of nitrogens with one attached hydrogen (secondary N) is 1. The molecular weight excluding hydrogens is 342 g/mol. The minimum atomic E-state index is -0.200. The molecule has 0 aliphatic rings. The monoisotopic (exact) mass is 361 g/mol. The van der Waals surface area contributed by atoms with E-state index in [0.29, 0.717) is 28.3 Å². The molecule has 0 aliphatic carbocycles. The van der Waals surface area contributed by atoms with Crippen molar-refractivity contribution in [2.24, 2.45) is 0 Å². The number of amides is 1. The number of methoxy groups -OCH3 is 1. The number of carbonyl (C=O) groups excluding carboxylic acids is 2. The van der Waals surface area contributed by atoms with Gasteiger partial charge in [0.2, 0.25) is 0 Å². The van der Waals surface area contributed by atoms with Crippen molar-refractivity contribution in [3.05, 3.63) is 90.0 Å². The van der Waals surface area contributed by atoms with Gasteiger partial charge in [0.25, 0.3) is 5.91 Å². The van der Waals surface area contributed by atoms with Gasteiger partial charge in [0.1, 0.15) is 0 Å². The Morgan fingerprint density at radius 3 is 2.07 bits per heavy atom. The summed E-state index contributed by atoms with van der Waals surface area (Å²) >= 11 is 0. The van der Waals surface area contributed by atoms with E-state index in [1.54, 1.807) is 67.8 Å². The first-order valence-corrected chi connectivity index (χ1v) is 8.43. The molecule has 5 nitrogen and oxygen atoms in total. The Kier molecular flexibility index (Phi) is 5.84. The number of rotatable bonds is 7. The maximum Gasteiger partial charge on any atom is 0.255 e. The highest BCUT2D eigenvalue weighted by molar-refractivity contribution is 6.04. The summed E-state index contributed by atoms with van der Waals surface area (Å²) in [5, 5.41) is 2.80. The predicted octanol–water partition coefficient (Wildman–Crippen LogP) is 4.21. The lowest BCUT2D eigenvalue weighted by atomic mass is 10.1. The number of ether oxygens (including phenoxy) is 2. The Morgan fingerprint density at radius 2 is 1.41 bits per heavy atom. The molecule has 0 saturated heterocycles. The SMILES string of the molecule is COc1ccccc1OCC(=O)c1ccc(NC(=O)c2ccccc2)cc1. The van der Waals surface area contributed by atoms with Crippen LogP contribution in [0.2, 0.25) is 0 Å². The quantitative estimate of drug-likeness (QED) is 0.640. The van der Waals surface area contributed by atoms with Crippen molar-refractivity contribution in [3.63, 3.8) is 0 Å². The Labute approximate surface area is 157 Å². The third-order valence-electron chi connectivity index (χ3n) is 3.93. The normalized spacial score (nSPS) is 10.1. The summed E-state index contributed by atoms with van der Waals surface area (Å²) in [6, 6.07) is 22.8. The molecule has 0 radical (unpaired) electrons. The molecule has 1 N–H and O–H groups in total. The van der Waals surface area contributed by atoms with E-state index in [2.05, 4.69) is 5.32 Å². The zero-order chi connectivity index (χ0) is 19.1. The van der Waals surface area contributed by atoms with Crippen LogP contribution in [-0.2, 0) is 0 Å². The van der Waals surface area contributed by atoms with Crippen LogP contribution in [0.3, 0.4) is 0 Å². The number of anilines is 1. The molecule has 0 bridgehead atoms. The second-order valence-corrected chi connectivity index (χ2v) is 5.76. The first kappa shape index (κ1) is 18.2. The average Bonchev–Trinajstić information content (AvgIpc) is 2.73. The van der Waals surface area contributed by atoms with Crippen molar-refractivity contribution in [1.82, 2.24) is 0 Å². The van der Waals surface area contributed by atoms with E-state index in [0.717, 1.165) is 0 Å². The summed E-state index contributed by atoms with van der Waals surface area (Å²) in [6.07, 6.45) is 0. The molecule has 0 heterocycles. The van der Waals surface area contributed by atoms with E-state index in [1.165, 1.54) is 0 Å². The van der Waals surface area contributed by atoms with Gasteiger partial charge >= 0.3 is 0 Å². The van der Waals surface area contributed by atoms with Gasteiger partial charge in [-0.15, -0.1) is 0 Å². The fraction of sp³-hybridized carbons (Fsp3) is 0.0909. The predicted molar refractivity (Wildman–Crippen MR) is 104 cm³/mol. The number of carbonyl (C=O) groups is 2. The van der Waals surface area contributed by atoms with Crippen molar-refractivity contribution in [1.29, 1.82) is 0 Å². The minimum Gasteiger partial charge on any atom is -0.493 e. The fourth-order valence-corrected chi connectivity index (χ4v) is 2.50. The van der Waals surface area contributed by atoms with Crippen LogP contribution in [0.4, 0.5) is 5.69 Å². The highest BCUT2D eigenvalue weighted by Gasteiger charge is 2.10. The lowest BCUT2D eigenvalue weighted by molar-refractivity contribution is 0.0919. The van der Waals surface area contributed by atoms with Crippen molar-refractivity contribution < 1.29 is 19.1 Å². The van der Waals surface area contributed by atoms with Gasteiger partial charge in [0.05, 0.1) is 7.11 Å². The van der Waals surface area contributed by atoms with Crippen molar-refractivity contribution >= 4 is 17.4 Å². The maximum atomic E-state index is 12.3. The third kappa shape index (κ3) is 4.73. The van der Waals surface area contributed by atoms with Crippen LogP contribution < -0.4 is 14.8 Å². The van der Waals surface area contributed by atoms with Crippen LogP contribution >= 0.6 is 0 Å². The molecule has 5 heteroatoms. The number of benzene rings is 3. The highest BCUT2D eigenvalue weighted by Crippen LogP contribution is 2.25. The molecule has 3 aromatic carbocycles. The molecule has 0 fully saturated rings. The summed E-state index contributed by atoms with van der Waals surface area (Å²) < 4.78 is 10.7. The Hall–Kier alpha value is -3.60. The topological polar surface area (TPSA) is 64.6 Å². The van der Waals surface area contributed by atoms with Crippen LogP contribution in [0, 0.1) is 0 Å². The van der Waals surface area contributed by atoms with Gasteiger partial charge in [-0.1, -0.05) is 30.3 Å². The molecule has 0 unspecified atom stereocenters. The largest absolute Gasteiger partial charge is 0.493 e. The average molecular weight is 361 g/mol. The molecule has 1 amide bonds. The van der Waals surface area contributed by atoms with Crippen molar-refractivity contribution in [2.45, 2.75) is 0 Å². The van der Waals surface area contributed by atoms with Crippen molar-refractivity contribution in [3.8, 4) is 11.5 Å². The second-order valence-electron chi connectivity index (χ2n) is 5.76. The molecule has 0 aliphatic heterocycles. The van der Waals surface area contributed by atoms with Gasteiger partial charge in [0.15, 0.2) is 23.9 Å². The number of hydrogen-bond donors (Lipinski definition) is 1. The second kappa shape index (κ2) is 8.67. The summed E-state index contributed by atoms with van der Waals surface area (Å²) in [7, 11) is 1.55. The standard InChI is InChI=1S/C22H19NO4/c1-26-20-9-5-6-10-21(20)27-15-19(24)16-11-13-18(14-12-16)23-22(25)17-7-3-2-4-8-17/h2-14H,15H2,1H3,(H,23,25). The molecule has 0 atom stereocenters. The molecule has 0 aromatic heterocycles. The van der Waals surface area contributed by atoms with Gasteiger partial charge < -0.3 is 14.8 Å². The molecule has 3 rings (SSSR count). The van der Waals surface area contributed by atoms with Gasteiger partial charge in [-0.25, -0.2) is 0 Å². The van der Waals surface area contributed by atoms with E-state index in [-0.39, 0.29) is 18.3 Å². The van der Waals surface area contributed by atoms with Crippen LogP contribution in [-0.4, -0.2) is 25.4 Å². The van der Waals surface area contributed by atoms with E-state index in [4.69, 9.17) is 9.47 Å². The number of hydrogen-bond acceptors (Lipinski definition) is 4. The molecule has 0 spiro atoms. The first-order chi connectivity index (χ1) is 13.2. The number of Topliss-reactive ketones (excluding diaryl/α,β-unsaturated/α-hetero) is 1. The van der Waals surface area contributed by atoms with E-state index in [9.17, 15) is 9.59 Å². The Morgan fingerprint density at radius 1 is 0.778 bits per heavy atom. The lowest BCUT2D eigenvalue weighted by Crippen LogP contribution is -2.13. The highest BCUT2D eigenvalue weighted by atomic mass is 16.5. The molecule has 3 aromatic rings. The van der Waals surface area contributed by atoms with Crippen LogP contribution in [0.1, 0.15) is 20.7 Å². The number of para-hydroxylation sites is 2. The summed E-state index contributed by atoms with van der Waals surface area (Å²) in [4.78, 5) is 24.5. The minimum absolute atomic E-state index is 0.101. The Bertz CT molecular complexity index is 921.